The first-order chi connectivity index (χ1) is 9.63. The number of amides is 2. The normalized spacial score (nSPS) is 21.1. The monoisotopic (exact) mass is 284 g/mol. The van der Waals surface area contributed by atoms with E-state index in [4.69, 9.17) is 10.2 Å². The highest BCUT2D eigenvalue weighted by molar-refractivity contribution is 5.76. The lowest BCUT2D eigenvalue weighted by Crippen LogP contribution is -2.51. The van der Waals surface area contributed by atoms with Crippen LogP contribution in [-0.4, -0.2) is 64.3 Å². The fourth-order valence-electron chi connectivity index (χ4n) is 3.26. The van der Waals surface area contributed by atoms with E-state index < -0.39 is 5.97 Å². The van der Waals surface area contributed by atoms with E-state index in [9.17, 15) is 9.59 Å². The third-order valence-electron chi connectivity index (χ3n) is 4.47. The quantitative estimate of drug-likeness (QED) is 0.811. The molecular weight excluding hydrogens is 260 g/mol. The Labute approximate surface area is 119 Å². The molecule has 0 aromatic heterocycles. The van der Waals surface area contributed by atoms with Crippen LogP contribution in [0, 0.1) is 5.92 Å². The average molecular weight is 284 g/mol. The zero-order chi connectivity index (χ0) is 14.5. The van der Waals surface area contributed by atoms with Gasteiger partial charge in [-0.05, 0) is 25.7 Å². The van der Waals surface area contributed by atoms with E-state index in [0.717, 1.165) is 25.7 Å². The molecule has 6 nitrogen and oxygen atoms in total. The van der Waals surface area contributed by atoms with Gasteiger partial charge in [0.15, 0.2) is 0 Å². The number of hydrogen-bond acceptors (Lipinski definition) is 3. The predicted molar refractivity (Wildman–Crippen MR) is 73.4 cm³/mol. The van der Waals surface area contributed by atoms with E-state index in [1.54, 1.807) is 9.80 Å². The van der Waals surface area contributed by atoms with Gasteiger partial charge in [0, 0.05) is 25.7 Å². The number of aliphatic carboxylic acids is 1. The van der Waals surface area contributed by atoms with Gasteiger partial charge in [-0.15, -0.1) is 0 Å². The van der Waals surface area contributed by atoms with Gasteiger partial charge in [0.25, 0.3) is 0 Å². The number of hydrogen-bond donors (Lipinski definition) is 2. The molecule has 1 saturated heterocycles. The Bertz CT molecular complexity index is 347. The molecule has 0 spiro atoms. The minimum atomic E-state index is -0.764. The molecule has 0 aromatic carbocycles. The lowest BCUT2D eigenvalue weighted by atomic mass is 9.97. The SMILES string of the molecule is O=C(O)C1CCN(C(=O)N(CCO)C2CCCC2)CC1. The second kappa shape index (κ2) is 6.92. The molecule has 1 heterocycles. The van der Waals surface area contributed by atoms with E-state index >= 15 is 0 Å². The molecule has 1 saturated carbocycles. The largest absolute Gasteiger partial charge is 0.481 e. The summed E-state index contributed by atoms with van der Waals surface area (Å²) >= 11 is 0. The standard InChI is InChI=1S/C14H24N2O4/c17-10-9-16(12-3-1-2-4-12)14(20)15-7-5-11(6-8-15)13(18)19/h11-12,17H,1-10H2,(H,18,19). The Balaban J connectivity index is 1.92. The molecule has 0 aromatic rings. The summed E-state index contributed by atoms with van der Waals surface area (Å²) in [6.07, 6.45) is 5.36. The Morgan fingerprint density at radius 3 is 2.20 bits per heavy atom. The lowest BCUT2D eigenvalue weighted by Gasteiger charge is -2.37. The number of likely N-dealkylation sites (tertiary alicyclic amines) is 1. The van der Waals surface area contributed by atoms with Crippen molar-refractivity contribution in [2.45, 2.75) is 44.6 Å². The Morgan fingerprint density at radius 2 is 1.70 bits per heavy atom. The van der Waals surface area contributed by atoms with Crippen LogP contribution in [0.25, 0.3) is 0 Å². The number of carboxylic acid groups (broad SMARTS) is 1. The molecule has 6 heteroatoms. The van der Waals surface area contributed by atoms with Gasteiger partial charge < -0.3 is 20.0 Å². The van der Waals surface area contributed by atoms with E-state index in [0.29, 0.717) is 32.5 Å². The van der Waals surface area contributed by atoms with Crippen molar-refractivity contribution in [1.29, 1.82) is 0 Å². The first kappa shape index (κ1) is 15.1. The van der Waals surface area contributed by atoms with Crippen molar-refractivity contribution in [2.24, 2.45) is 5.92 Å². The van der Waals surface area contributed by atoms with Gasteiger partial charge in [-0.1, -0.05) is 12.8 Å². The maximum Gasteiger partial charge on any atom is 0.320 e. The number of carboxylic acids is 1. The molecule has 0 radical (unpaired) electrons. The molecule has 2 aliphatic rings. The summed E-state index contributed by atoms with van der Waals surface area (Å²) in [4.78, 5) is 27.0. The minimum absolute atomic E-state index is 0.0200. The summed E-state index contributed by atoms with van der Waals surface area (Å²) in [6.45, 7) is 1.37. The van der Waals surface area contributed by atoms with Gasteiger partial charge in [-0.3, -0.25) is 4.79 Å². The highest BCUT2D eigenvalue weighted by Crippen LogP contribution is 2.26. The van der Waals surface area contributed by atoms with Gasteiger partial charge in [0.1, 0.15) is 0 Å². The van der Waals surface area contributed by atoms with Gasteiger partial charge in [0.2, 0.25) is 0 Å². The highest BCUT2D eigenvalue weighted by Gasteiger charge is 2.32. The molecule has 0 unspecified atom stereocenters. The number of nitrogens with zero attached hydrogens (tertiary/aromatic N) is 2. The molecular formula is C14H24N2O4. The Hall–Kier alpha value is -1.30. The molecule has 2 fully saturated rings. The zero-order valence-electron chi connectivity index (χ0n) is 11.8. The third-order valence-corrected chi connectivity index (χ3v) is 4.47. The smallest absolute Gasteiger partial charge is 0.320 e. The number of piperidine rings is 1. The van der Waals surface area contributed by atoms with E-state index in [1.165, 1.54) is 0 Å². The zero-order valence-corrected chi connectivity index (χ0v) is 11.8. The maximum atomic E-state index is 12.5. The van der Waals surface area contributed by atoms with Crippen molar-refractivity contribution in [1.82, 2.24) is 9.80 Å². The van der Waals surface area contributed by atoms with Crippen LogP contribution in [0.2, 0.25) is 0 Å². The Kier molecular flexibility index (Phi) is 5.23. The fourth-order valence-corrected chi connectivity index (χ4v) is 3.26. The molecule has 0 bridgehead atoms. The maximum absolute atomic E-state index is 12.5. The average Bonchev–Trinajstić information content (AvgIpc) is 2.98. The van der Waals surface area contributed by atoms with Crippen LogP contribution in [-0.2, 0) is 4.79 Å². The van der Waals surface area contributed by atoms with Gasteiger partial charge in [-0.2, -0.15) is 0 Å². The number of rotatable bonds is 4. The van der Waals surface area contributed by atoms with E-state index in [-0.39, 0.29) is 24.6 Å². The molecule has 2 N–H and O–H groups in total. The van der Waals surface area contributed by atoms with Crippen LogP contribution in [0.1, 0.15) is 38.5 Å². The Morgan fingerprint density at radius 1 is 1.10 bits per heavy atom. The second-order valence-corrected chi connectivity index (χ2v) is 5.74. The van der Waals surface area contributed by atoms with Crippen LogP contribution >= 0.6 is 0 Å². The summed E-state index contributed by atoms with van der Waals surface area (Å²) < 4.78 is 0. The number of urea groups is 1. The highest BCUT2D eigenvalue weighted by atomic mass is 16.4. The topological polar surface area (TPSA) is 81.1 Å². The van der Waals surface area contributed by atoms with Crippen LogP contribution in [0.4, 0.5) is 4.79 Å². The second-order valence-electron chi connectivity index (χ2n) is 5.74. The van der Waals surface area contributed by atoms with Crippen molar-refractivity contribution in [3.63, 3.8) is 0 Å². The molecule has 1 aliphatic carbocycles. The molecule has 0 atom stereocenters. The van der Waals surface area contributed by atoms with Crippen molar-refractivity contribution in [3.05, 3.63) is 0 Å². The molecule has 114 valence electrons. The van der Waals surface area contributed by atoms with Crippen molar-refractivity contribution in [2.75, 3.05) is 26.2 Å². The van der Waals surface area contributed by atoms with Crippen LogP contribution in [0.5, 0.6) is 0 Å². The first-order valence-corrected chi connectivity index (χ1v) is 7.52. The minimum Gasteiger partial charge on any atom is -0.481 e. The molecule has 20 heavy (non-hydrogen) atoms. The number of carbonyl (C=O) groups is 2. The van der Waals surface area contributed by atoms with Crippen LogP contribution in [0.15, 0.2) is 0 Å². The summed E-state index contributed by atoms with van der Waals surface area (Å²) in [6, 6.07) is 0.210. The van der Waals surface area contributed by atoms with Crippen LogP contribution < -0.4 is 0 Å². The predicted octanol–water partition coefficient (Wildman–Crippen LogP) is 1.14. The van der Waals surface area contributed by atoms with Crippen molar-refractivity contribution >= 4 is 12.0 Å². The summed E-state index contributed by atoms with van der Waals surface area (Å²) in [5.74, 6) is -1.09. The van der Waals surface area contributed by atoms with Crippen molar-refractivity contribution in [3.8, 4) is 0 Å². The number of aliphatic hydroxyl groups is 1. The molecule has 2 rings (SSSR count). The number of aliphatic hydroxyl groups excluding tert-OH is 1. The van der Waals surface area contributed by atoms with Gasteiger partial charge in [0.05, 0.1) is 12.5 Å². The molecule has 2 amide bonds. The third kappa shape index (κ3) is 3.42. The summed E-state index contributed by atoms with van der Waals surface area (Å²) in [5.41, 5.74) is 0. The van der Waals surface area contributed by atoms with Crippen molar-refractivity contribution < 1.29 is 19.8 Å². The van der Waals surface area contributed by atoms with Gasteiger partial charge >= 0.3 is 12.0 Å². The van der Waals surface area contributed by atoms with Crippen LogP contribution in [0.3, 0.4) is 0 Å². The summed E-state index contributed by atoms with van der Waals surface area (Å²) in [5, 5.41) is 18.2. The first-order valence-electron chi connectivity index (χ1n) is 7.52. The summed E-state index contributed by atoms with van der Waals surface area (Å²) in [7, 11) is 0. The fraction of sp³-hybridized carbons (Fsp3) is 0.857. The lowest BCUT2D eigenvalue weighted by molar-refractivity contribution is -0.143. The van der Waals surface area contributed by atoms with E-state index in [2.05, 4.69) is 0 Å². The van der Waals surface area contributed by atoms with E-state index in [1.807, 2.05) is 0 Å². The molecule has 1 aliphatic heterocycles. The van der Waals surface area contributed by atoms with Gasteiger partial charge in [-0.25, -0.2) is 4.79 Å². The number of carbonyl (C=O) groups excluding carboxylic acids is 1.